The Morgan fingerprint density at radius 2 is 2.28 bits per heavy atom. The van der Waals surface area contributed by atoms with E-state index < -0.39 is 0 Å². The zero-order valence-corrected chi connectivity index (χ0v) is 12.3. The zero-order valence-electron chi connectivity index (χ0n) is 10.8. The van der Waals surface area contributed by atoms with Gasteiger partial charge in [0, 0.05) is 24.7 Å². The summed E-state index contributed by atoms with van der Waals surface area (Å²) >= 11 is 7.78. The van der Waals surface area contributed by atoms with Crippen molar-refractivity contribution in [1.29, 1.82) is 0 Å². The summed E-state index contributed by atoms with van der Waals surface area (Å²) in [4.78, 5) is 8.20. The van der Waals surface area contributed by atoms with Gasteiger partial charge in [-0.25, -0.2) is 4.98 Å². The average Bonchev–Trinajstić information content (AvgIpc) is 2.92. The van der Waals surface area contributed by atoms with Crippen molar-refractivity contribution in [2.45, 2.75) is 26.1 Å². The summed E-state index contributed by atoms with van der Waals surface area (Å²) in [5.41, 5.74) is 1.13. The molecule has 0 saturated carbocycles. The Morgan fingerprint density at radius 1 is 1.44 bits per heavy atom. The van der Waals surface area contributed by atoms with Gasteiger partial charge in [0.25, 0.3) is 0 Å². The van der Waals surface area contributed by atoms with Crippen LogP contribution in [-0.2, 0) is 5.88 Å². The fraction of sp³-hybridized carbons (Fsp3) is 0.615. The number of nitrogens with zero attached hydrogens (tertiary/aromatic N) is 3. The fourth-order valence-corrected chi connectivity index (χ4v) is 3.63. The largest absolute Gasteiger partial charge is 0.355 e. The Kier molecular flexibility index (Phi) is 3.24. The molecule has 2 atom stereocenters. The number of anilines is 1. The van der Waals surface area contributed by atoms with Crippen LogP contribution in [0.15, 0.2) is 11.6 Å². The molecule has 0 N–H and O–H groups in total. The van der Waals surface area contributed by atoms with Crippen LogP contribution >= 0.6 is 22.9 Å². The van der Waals surface area contributed by atoms with E-state index in [1.165, 1.54) is 6.42 Å². The van der Waals surface area contributed by atoms with E-state index in [1.54, 1.807) is 11.3 Å². The van der Waals surface area contributed by atoms with Crippen molar-refractivity contribution in [2.24, 2.45) is 11.8 Å². The van der Waals surface area contributed by atoms with E-state index in [2.05, 4.69) is 34.7 Å². The molecule has 3 rings (SSSR count). The lowest BCUT2D eigenvalue weighted by molar-refractivity contribution is 0.322. The van der Waals surface area contributed by atoms with Gasteiger partial charge in [-0.3, -0.25) is 4.40 Å². The van der Waals surface area contributed by atoms with Crippen molar-refractivity contribution >= 4 is 33.7 Å². The molecule has 98 valence electrons. The van der Waals surface area contributed by atoms with Gasteiger partial charge in [0.05, 0.1) is 11.6 Å². The van der Waals surface area contributed by atoms with E-state index in [9.17, 15) is 0 Å². The molecule has 2 unspecified atom stereocenters. The molecule has 2 aromatic rings. The van der Waals surface area contributed by atoms with Crippen LogP contribution in [0.2, 0.25) is 0 Å². The summed E-state index contributed by atoms with van der Waals surface area (Å²) in [6, 6.07) is 0. The lowest BCUT2D eigenvalue weighted by Gasteiger charge is -2.35. The first-order valence-electron chi connectivity index (χ1n) is 6.46. The topological polar surface area (TPSA) is 20.5 Å². The highest BCUT2D eigenvalue weighted by atomic mass is 35.5. The molecule has 0 spiro atoms. The number of hydrogen-bond donors (Lipinski definition) is 0. The highest BCUT2D eigenvalue weighted by Gasteiger charge is 2.26. The third-order valence-electron chi connectivity index (χ3n) is 4.10. The number of imidazole rings is 1. The van der Waals surface area contributed by atoms with Gasteiger partial charge in [-0.1, -0.05) is 13.8 Å². The first kappa shape index (κ1) is 12.3. The summed E-state index contributed by atoms with van der Waals surface area (Å²) in [6.07, 6.45) is 3.30. The lowest BCUT2D eigenvalue weighted by Crippen LogP contribution is -2.39. The Hall–Kier alpha value is -0.740. The van der Waals surface area contributed by atoms with E-state index in [0.717, 1.165) is 41.4 Å². The van der Waals surface area contributed by atoms with Crippen LogP contribution in [0.1, 0.15) is 26.0 Å². The summed E-state index contributed by atoms with van der Waals surface area (Å²) in [5.74, 6) is 3.15. The van der Waals surface area contributed by atoms with Crippen molar-refractivity contribution in [3.8, 4) is 0 Å². The van der Waals surface area contributed by atoms with Gasteiger partial charge in [-0.15, -0.1) is 22.9 Å². The minimum atomic E-state index is 0.521. The monoisotopic (exact) mass is 283 g/mol. The maximum absolute atomic E-state index is 6.11. The van der Waals surface area contributed by atoms with E-state index in [-0.39, 0.29) is 0 Å². The average molecular weight is 284 g/mol. The second-order valence-electron chi connectivity index (χ2n) is 5.26. The maximum atomic E-state index is 6.11. The number of thiazole rings is 1. The summed E-state index contributed by atoms with van der Waals surface area (Å²) in [5, 5.41) is 2.06. The van der Waals surface area contributed by atoms with Crippen molar-refractivity contribution in [3.05, 3.63) is 17.3 Å². The number of alkyl halides is 1. The van der Waals surface area contributed by atoms with Gasteiger partial charge in [-0.2, -0.15) is 0 Å². The third kappa shape index (κ3) is 1.91. The molecule has 0 amide bonds. The fourth-order valence-electron chi connectivity index (χ4n) is 2.65. The number of fused-ring (bicyclic) bond motifs is 1. The van der Waals surface area contributed by atoms with Crippen molar-refractivity contribution < 1.29 is 0 Å². The molecule has 3 heterocycles. The molecule has 0 bridgehead atoms. The number of hydrogen-bond acceptors (Lipinski definition) is 3. The van der Waals surface area contributed by atoms with Crippen molar-refractivity contribution in [1.82, 2.24) is 9.38 Å². The molecule has 1 saturated heterocycles. The van der Waals surface area contributed by atoms with Crippen LogP contribution in [-0.4, -0.2) is 22.5 Å². The number of piperidine rings is 1. The molecule has 5 heteroatoms. The quantitative estimate of drug-likeness (QED) is 0.785. The van der Waals surface area contributed by atoms with Crippen molar-refractivity contribution in [2.75, 3.05) is 18.0 Å². The summed E-state index contributed by atoms with van der Waals surface area (Å²) in [6.45, 7) is 6.86. The molecule has 18 heavy (non-hydrogen) atoms. The minimum absolute atomic E-state index is 0.521. The predicted octanol–water partition coefficient (Wildman–Crippen LogP) is 3.62. The molecule has 0 aliphatic carbocycles. The molecule has 1 aliphatic rings. The Morgan fingerprint density at radius 3 is 3.00 bits per heavy atom. The van der Waals surface area contributed by atoms with Crippen LogP contribution in [0.3, 0.4) is 0 Å². The molecule has 3 nitrogen and oxygen atoms in total. The van der Waals surface area contributed by atoms with Crippen molar-refractivity contribution in [3.63, 3.8) is 0 Å². The summed E-state index contributed by atoms with van der Waals surface area (Å²) in [7, 11) is 0. The van der Waals surface area contributed by atoms with Crippen LogP contribution in [0.5, 0.6) is 0 Å². The van der Waals surface area contributed by atoms with Crippen LogP contribution < -0.4 is 4.90 Å². The number of aromatic nitrogens is 2. The Bertz CT molecular complexity index is 547. The van der Waals surface area contributed by atoms with E-state index >= 15 is 0 Å². The highest BCUT2D eigenvalue weighted by molar-refractivity contribution is 7.15. The standard InChI is InChI=1S/C13H18ClN3S/c1-9-3-4-16(8-10(9)2)12-11(7-14)17-5-6-18-13(17)15-12/h5-6,9-10H,3-4,7-8H2,1-2H3. The zero-order chi connectivity index (χ0) is 12.7. The highest BCUT2D eigenvalue weighted by Crippen LogP contribution is 2.31. The van der Waals surface area contributed by atoms with Gasteiger partial charge in [0.2, 0.25) is 0 Å². The van der Waals surface area contributed by atoms with Gasteiger partial charge in [0.15, 0.2) is 10.8 Å². The van der Waals surface area contributed by atoms with Crippen LogP contribution in [0, 0.1) is 11.8 Å². The van der Waals surface area contributed by atoms with E-state index in [0.29, 0.717) is 5.88 Å². The Balaban J connectivity index is 1.96. The lowest BCUT2D eigenvalue weighted by atomic mass is 9.89. The number of rotatable bonds is 2. The van der Waals surface area contributed by atoms with Crippen LogP contribution in [0.25, 0.3) is 4.96 Å². The Labute approximate surface area is 116 Å². The maximum Gasteiger partial charge on any atom is 0.195 e. The van der Waals surface area contributed by atoms with Gasteiger partial charge in [0.1, 0.15) is 0 Å². The predicted molar refractivity (Wildman–Crippen MR) is 77.8 cm³/mol. The van der Waals surface area contributed by atoms with E-state index in [1.807, 2.05) is 0 Å². The molecule has 0 aromatic carbocycles. The molecular weight excluding hydrogens is 266 g/mol. The molecule has 0 radical (unpaired) electrons. The number of halogens is 1. The minimum Gasteiger partial charge on any atom is -0.355 e. The first-order chi connectivity index (χ1) is 8.70. The molecule has 1 fully saturated rings. The second-order valence-corrected chi connectivity index (χ2v) is 6.40. The van der Waals surface area contributed by atoms with Gasteiger partial charge in [-0.05, 0) is 18.3 Å². The molecular formula is C13H18ClN3S. The van der Waals surface area contributed by atoms with Gasteiger partial charge < -0.3 is 4.90 Å². The SMILES string of the molecule is CC1CCN(c2nc3sccn3c2CCl)CC1C. The molecule has 2 aromatic heterocycles. The van der Waals surface area contributed by atoms with E-state index in [4.69, 9.17) is 16.6 Å². The van der Waals surface area contributed by atoms with Gasteiger partial charge >= 0.3 is 0 Å². The third-order valence-corrected chi connectivity index (χ3v) is 5.11. The second kappa shape index (κ2) is 4.74. The molecule has 1 aliphatic heterocycles. The first-order valence-corrected chi connectivity index (χ1v) is 7.87. The summed E-state index contributed by atoms with van der Waals surface area (Å²) < 4.78 is 2.12. The normalized spacial score (nSPS) is 24.9. The van der Waals surface area contributed by atoms with Crippen LogP contribution in [0.4, 0.5) is 5.82 Å². The smallest absolute Gasteiger partial charge is 0.195 e.